The molecule has 0 saturated carbocycles. The minimum Gasteiger partial charge on any atom is -0.338 e. The van der Waals surface area contributed by atoms with Gasteiger partial charge >= 0.3 is 0 Å². The average Bonchev–Trinajstić information content (AvgIpc) is 2.47. The van der Waals surface area contributed by atoms with Crippen molar-refractivity contribution in [1.82, 2.24) is 4.98 Å². The Morgan fingerprint density at radius 3 is 3.00 bits per heavy atom. The molecule has 1 aromatic heterocycles. The van der Waals surface area contributed by atoms with Crippen LogP contribution in [0.5, 0.6) is 0 Å². The molecule has 1 aromatic rings. The zero-order chi connectivity index (χ0) is 15.5. The first-order valence-electron chi connectivity index (χ1n) is 7.16. The highest BCUT2D eigenvalue weighted by Gasteiger charge is 2.32. The van der Waals surface area contributed by atoms with Gasteiger partial charge in [-0.1, -0.05) is 13.0 Å². The van der Waals surface area contributed by atoms with Crippen LogP contribution in [0.2, 0.25) is 0 Å². The van der Waals surface area contributed by atoms with E-state index in [1.54, 1.807) is 18.0 Å². The van der Waals surface area contributed by atoms with E-state index in [4.69, 9.17) is 5.73 Å². The van der Waals surface area contributed by atoms with Crippen LogP contribution < -0.4 is 10.6 Å². The summed E-state index contributed by atoms with van der Waals surface area (Å²) in [6.45, 7) is 2.76. The summed E-state index contributed by atoms with van der Waals surface area (Å²) in [4.78, 5) is 6.38. The van der Waals surface area contributed by atoms with E-state index in [0.29, 0.717) is 12.3 Å². The molecule has 5 nitrogen and oxygen atoms in total. The molecule has 7 heteroatoms. The molecule has 118 valence electrons. The van der Waals surface area contributed by atoms with Gasteiger partial charge in [0.1, 0.15) is 11.2 Å². The molecule has 1 aliphatic rings. The van der Waals surface area contributed by atoms with E-state index < -0.39 is 15.2 Å². The summed E-state index contributed by atoms with van der Waals surface area (Å²) in [6.07, 6.45) is 4.63. The summed E-state index contributed by atoms with van der Waals surface area (Å²) in [6, 6.07) is 3.96. The number of sulfone groups is 1. The molecule has 0 aliphatic carbocycles. The van der Waals surface area contributed by atoms with Crippen molar-refractivity contribution in [2.24, 2.45) is 5.73 Å². The van der Waals surface area contributed by atoms with E-state index in [2.05, 4.69) is 11.9 Å². The molecule has 0 spiro atoms. The molecule has 1 aliphatic heterocycles. The van der Waals surface area contributed by atoms with Gasteiger partial charge < -0.3 is 10.6 Å². The standard InChI is InChI=1S/C14H23N3O2S2/c1-3-12(15)9-11-5-4-6-16-14(11)17-7-8-20-10-13(17)21(2,18)19/h4-6,12-13H,3,7-10,15H2,1-2H3. The van der Waals surface area contributed by atoms with Crippen molar-refractivity contribution < 1.29 is 8.42 Å². The molecular weight excluding hydrogens is 306 g/mol. The van der Waals surface area contributed by atoms with Gasteiger partial charge in [-0.15, -0.1) is 0 Å². The Morgan fingerprint density at radius 1 is 1.57 bits per heavy atom. The first-order valence-corrected chi connectivity index (χ1v) is 10.3. The fraction of sp³-hybridized carbons (Fsp3) is 0.643. The van der Waals surface area contributed by atoms with Crippen LogP contribution in [0.25, 0.3) is 0 Å². The number of nitrogens with zero attached hydrogens (tertiary/aromatic N) is 2. The lowest BCUT2D eigenvalue weighted by Crippen LogP contribution is -2.48. The maximum absolute atomic E-state index is 12.1. The summed E-state index contributed by atoms with van der Waals surface area (Å²) in [7, 11) is -3.14. The summed E-state index contributed by atoms with van der Waals surface area (Å²) in [5.41, 5.74) is 7.09. The SMILES string of the molecule is CCC(N)Cc1cccnc1N1CCSCC1S(C)(=O)=O. The smallest absolute Gasteiger partial charge is 0.169 e. The second kappa shape index (κ2) is 6.98. The van der Waals surface area contributed by atoms with Crippen molar-refractivity contribution >= 4 is 27.4 Å². The lowest BCUT2D eigenvalue weighted by atomic mass is 10.1. The maximum atomic E-state index is 12.1. The van der Waals surface area contributed by atoms with Crippen molar-refractivity contribution in [3.05, 3.63) is 23.9 Å². The molecule has 1 fully saturated rings. The molecule has 2 rings (SSSR count). The first-order chi connectivity index (χ1) is 9.93. The van der Waals surface area contributed by atoms with E-state index in [9.17, 15) is 8.42 Å². The largest absolute Gasteiger partial charge is 0.338 e. The Labute approximate surface area is 131 Å². The summed E-state index contributed by atoms with van der Waals surface area (Å²) >= 11 is 1.68. The van der Waals surface area contributed by atoms with Crippen molar-refractivity contribution in [2.75, 3.05) is 29.2 Å². The highest BCUT2D eigenvalue weighted by Crippen LogP contribution is 2.28. The van der Waals surface area contributed by atoms with Crippen molar-refractivity contribution in [2.45, 2.75) is 31.2 Å². The van der Waals surface area contributed by atoms with Gasteiger partial charge in [0.15, 0.2) is 9.84 Å². The number of thioether (sulfide) groups is 1. The minimum atomic E-state index is -3.14. The van der Waals surface area contributed by atoms with Crippen LogP contribution in [0.15, 0.2) is 18.3 Å². The van der Waals surface area contributed by atoms with Crippen LogP contribution >= 0.6 is 11.8 Å². The molecule has 2 atom stereocenters. The molecule has 2 heterocycles. The number of hydrogen-bond donors (Lipinski definition) is 1. The van der Waals surface area contributed by atoms with Crippen LogP contribution in [0.3, 0.4) is 0 Å². The average molecular weight is 329 g/mol. The van der Waals surface area contributed by atoms with E-state index in [1.165, 1.54) is 6.26 Å². The highest BCUT2D eigenvalue weighted by molar-refractivity contribution is 8.01. The lowest BCUT2D eigenvalue weighted by molar-refractivity contribution is 0.582. The van der Waals surface area contributed by atoms with Gasteiger partial charge in [-0.3, -0.25) is 0 Å². The Kier molecular flexibility index (Phi) is 5.51. The third-order valence-corrected chi connectivity index (χ3v) is 6.37. The van der Waals surface area contributed by atoms with Crippen LogP contribution in [0.1, 0.15) is 18.9 Å². The van der Waals surface area contributed by atoms with Gasteiger partial charge in [0, 0.05) is 36.5 Å². The normalized spacial score (nSPS) is 21.3. The van der Waals surface area contributed by atoms with Crippen molar-refractivity contribution in [1.29, 1.82) is 0 Å². The number of aromatic nitrogens is 1. The lowest BCUT2D eigenvalue weighted by Gasteiger charge is -2.36. The van der Waals surface area contributed by atoms with Gasteiger partial charge in [0.05, 0.1) is 0 Å². The van der Waals surface area contributed by atoms with E-state index >= 15 is 0 Å². The van der Waals surface area contributed by atoms with Gasteiger partial charge in [0.25, 0.3) is 0 Å². The zero-order valence-electron chi connectivity index (χ0n) is 12.5. The second-order valence-corrected chi connectivity index (χ2v) is 8.76. The molecule has 2 N–H and O–H groups in total. The van der Waals surface area contributed by atoms with Crippen LogP contribution in [-0.4, -0.2) is 49.1 Å². The number of anilines is 1. The maximum Gasteiger partial charge on any atom is 0.169 e. The van der Waals surface area contributed by atoms with Gasteiger partial charge in [-0.2, -0.15) is 11.8 Å². The second-order valence-electron chi connectivity index (χ2n) is 5.41. The fourth-order valence-corrected chi connectivity index (χ4v) is 5.27. The van der Waals surface area contributed by atoms with E-state index in [-0.39, 0.29) is 6.04 Å². The monoisotopic (exact) mass is 329 g/mol. The van der Waals surface area contributed by atoms with Crippen LogP contribution in [0, 0.1) is 0 Å². The van der Waals surface area contributed by atoms with Gasteiger partial charge in [0.2, 0.25) is 0 Å². The molecule has 2 unspecified atom stereocenters. The van der Waals surface area contributed by atoms with Crippen LogP contribution in [0.4, 0.5) is 5.82 Å². The Hall–Kier alpha value is -0.790. The van der Waals surface area contributed by atoms with Gasteiger partial charge in [-0.05, 0) is 24.5 Å². The number of nitrogens with two attached hydrogens (primary N) is 1. The summed E-state index contributed by atoms with van der Waals surface area (Å²) in [5, 5.41) is -0.497. The molecular formula is C14H23N3O2S2. The summed E-state index contributed by atoms with van der Waals surface area (Å²) in [5.74, 6) is 2.29. The predicted molar refractivity (Wildman–Crippen MR) is 89.5 cm³/mol. The highest BCUT2D eigenvalue weighted by atomic mass is 32.2. The molecule has 0 amide bonds. The Bertz CT molecular complexity index is 577. The third kappa shape index (κ3) is 4.11. The molecule has 0 radical (unpaired) electrons. The molecule has 21 heavy (non-hydrogen) atoms. The van der Waals surface area contributed by atoms with E-state index in [0.717, 1.165) is 30.0 Å². The summed E-state index contributed by atoms with van der Waals surface area (Å²) < 4.78 is 24.1. The molecule has 0 bridgehead atoms. The number of rotatable bonds is 5. The molecule has 1 saturated heterocycles. The Balaban J connectivity index is 2.35. The first kappa shape index (κ1) is 16.6. The molecule has 0 aromatic carbocycles. The number of pyridine rings is 1. The number of hydrogen-bond acceptors (Lipinski definition) is 6. The quantitative estimate of drug-likeness (QED) is 0.877. The fourth-order valence-electron chi connectivity index (χ4n) is 2.45. The van der Waals surface area contributed by atoms with Gasteiger partial charge in [-0.25, -0.2) is 13.4 Å². The third-order valence-electron chi connectivity index (χ3n) is 3.72. The van der Waals surface area contributed by atoms with Crippen LogP contribution in [-0.2, 0) is 16.3 Å². The zero-order valence-corrected chi connectivity index (χ0v) is 14.2. The topological polar surface area (TPSA) is 76.3 Å². The van der Waals surface area contributed by atoms with Crippen molar-refractivity contribution in [3.8, 4) is 0 Å². The minimum absolute atomic E-state index is 0.0730. The predicted octanol–water partition coefficient (Wildman–Crippen LogP) is 1.29. The Morgan fingerprint density at radius 2 is 2.33 bits per heavy atom. The van der Waals surface area contributed by atoms with E-state index in [1.807, 2.05) is 17.0 Å². The van der Waals surface area contributed by atoms with Crippen molar-refractivity contribution in [3.63, 3.8) is 0 Å².